The van der Waals surface area contributed by atoms with Crippen molar-refractivity contribution in [1.29, 1.82) is 0 Å². The van der Waals surface area contributed by atoms with Gasteiger partial charge in [-0.2, -0.15) is 10.1 Å². The van der Waals surface area contributed by atoms with Gasteiger partial charge in [0.2, 0.25) is 18.3 Å². The summed E-state index contributed by atoms with van der Waals surface area (Å²) in [5.74, 6) is -3.44. The van der Waals surface area contributed by atoms with Crippen molar-refractivity contribution in [1.82, 2.24) is 34.1 Å². The Morgan fingerprint density at radius 2 is 2.05 bits per heavy atom. The van der Waals surface area contributed by atoms with Crippen molar-refractivity contribution >= 4 is 28.8 Å². The first kappa shape index (κ1) is 27.0. The number of aromatic nitrogens is 6. The molecule has 4 aromatic rings. The number of anilines is 2. The lowest BCUT2D eigenvalue weighted by Gasteiger charge is -2.36. The first-order valence-electron chi connectivity index (χ1n) is 11.7. The third kappa shape index (κ3) is 5.46. The largest absolute Gasteiger partial charge is 0.387 e. The number of carbonyl (C=O) groups is 1. The number of hydrogen-bond acceptors (Lipinski definition) is 8. The summed E-state index contributed by atoms with van der Waals surface area (Å²) in [4.78, 5) is 20.2. The standard InChI is InChI=1S/C15H14F2N8.C8H13F2NO2/c1-19-14-13-9(4-5-24(13)23-15(18)21-14)10-2-3-12-20-7-8(6-11(16)17)25(12)22-10;1-6-2-3-11(7(13)4-12)5-8(6,9)10/h2-5,7,11H,6H2,1H3,(H3,18,19,21,23);6,12H,2-5H2,1H3. The number of nitrogens with two attached hydrogens (primary N) is 1. The number of aliphatic hydroxyl groups is 1. The maximum absolute atomic E-state index is 13.1. The van der Waals surface area contributed by atoms with E-state index in [4.69, 9.17) is 10.8 Å². The van der Waals surface area contributed by atoms with E-state index in [2.05, 4.69) is 25.5 Å². The van der Waals surface area contributed by atoms with Crippen LogP contribution in [0.3, 0.4) is 0 Å². The molecule has 1 aliphatic rings. The van der Waals surface area contributed by atoms with Crippen molar-refractivity contribution in [2.75, 3.05) is 37.8 Å². The van der Waals surface area contributed by atoms with Crippen LogP contribution in [0.15, 0.2) is 30.6 Å². The van der Waals surface area contributed by atoms with Crippen LogP contribution < -0.4 is 11.1 Å². The van der Waals surface area contributed by atoms with Gasteiger partial charge in [0.25, 0.3) is 5.92 Å². The van der Waals surface area contributed by atoms with Crippen LogP contribution in [0.2, 0.25) is 0 Å². The van der Waals surface area contributed by atoms with Crippen LogP contribution in [0.4, 0.5) is 29.3 Å². The molecule has 5 heterocycles. The first-order chi connectivity index (χ1) is 18.0. The van der Waals surface area contributed by atoms with Crippen molar-refractivity contribution in [3.8, 4) is 11.3 Å². The highest BCUT2D eigenvalue weighted by Gasteiger charge is 2.42. The highest BCUT2D eigenvalue weighted by Crippen LogP contribution is 2.32. The van der Waals surface area contributed by atoms with Crippen LogP contribution in [0.1, 0.15) is 19.0 Å². The topological polar surface area (TPSA) is 139 Å². The molecule has 1 saturated heterocycles. The van der Waals surface area contributed by atoms with Gasteiger partial charge < -0.3 is 21.1 Å². The normalized spacial score (nSPS) is 17.1. The molecule has 0 spiro atoms. The number of nitrogen functional groups attached to an aromatic ring is 1. The number of fused-ring (bicyclic) bond motifs is 2. The number of nitrogens with one attached hydrogen (secondary N) is 1. The van der Waals surface area contributed by atoms with Crippen molar-refractivity contribution in [2.24, 2.45) is 5.92 Å². The summed E-state index contributed by atoms with van der Waals surface area (Å²) < 4.78 is 54.6. The molecule has 0 aromatic carbocycles. The van der Waals surface area contributed by atoms with E-state index in [1.54, 1.807) is 29.9 Å². The number of nitrogens with zero attached hydrogens (tertiary/aromatic N) is 7. The van der Waals surface area contributed by atoms with Crippen LogP contribution in [0.5, 0.6) is 0 Å². The Morgan fingerprint density at radius 1 is 1.29 bits per heavy atom. The Balaban J connectivity index is 0.000000219. The van der Waals surface area contributed by atoms with Crippen molar-refractivity contribution in [3.05, 3.63) is 36.3 Å². The third-order valence-electron chi connectivity index (χ3n) is 6.28. The summed E-state index contributed by atoms with van der Waals surface area (Å²) in [5, 5.41) is 20.1. The van der Waals surface area contributed by atoms with Crippen LogP contribution in [-0.2, 0) is 11.2 Å². The number of likely N-dealkylation sites (tertiary alicyclic amines) is 1. The van der Waals surface area contributed by atoms with E-state index in [0.717, 1.165) is 10.5 Å². The second kappa shape index (κ2) is 10.8. The summed E-state index contributed by atoms with van der Waals surface area (Å²) in [5.41, 5.74) is 8.59. The fourth-order valence-corrected chi connectivity index (χ4v) is 4.15. The summed E-state index contributed by atoms with van der Waals surface area (Å²) in [6.45, 7) is 0.537. The first-order valence-corrected chi connectivity index (χ1v) is 11.7. The number of rotatable bonds is 5. The molecule has 1 amide bonds. The van der Waals surface area contributed by atoms with Gasteiger partial charge in [0.05, 0.1) is 30.6 Å². The fourth-order valence-electron chi connectivity index (χ4n) is 4.15. The number of imidazole rings is 1. The van der Waals surface area contributed by atoms with Crippen LogP contribution in [0, 0.1) is 5.92 Å². The van der Waals surface area contributed by atoms with Crippen molar-refractivity contribution < 1.29 is 27.5 Å². The van der Waals surface area contributed by atoms with E-state index in [-0.39, 0.29) is 5.95 Å². The molecule has 1 unspecified atom stereocenters. The predicted molar refractivity (Wildman–Crippen MR) is 131 cm³/mol. The average molecular weight is 538 g/mol. The van der Waals surface area contributed by atoms with Gasteiger partial charge in [-0.15, -0.1) is 5.10 Å². The fraction of sp³-hybridized carbons (Fsp3) is 0.435. The van der Waals surface area contributed by atoms with Crippen LogP contribution in [0.25, 0.3) is 22.4 Å². The van der Waals surface area contributed by atoms with E-state index in [0.29, 0.717) is 41.3 Å². The van der Waals surface area contributed by atoms with Gasteiger partial charge in [0.15, 0.2) is 11.5 Å². The molecule has 15 heteroatoms. The van der Waals surface area contributed by atoms with E-state index in [1.165, 1.54) is 17.6 Å². The number of piperidine rings is 1. The smallest absolute Gasteiger partial charge is 0.267 e. The second-order valence-electron chi connectivity index (χ2n) is 8.85. The Labute approximate surface area is 214 Å². The Bertz CT molecular complexity index is 1440. The maximum atomic E-state index is 13.1. The number of halogens is 4. The lowest BCUT2D eigenvalue weighted by atomic mass is 9.95. The average Bonchev–Trinajstić information content (AvgIpc) is 3.48. The zero-order chi connectivity index (χ0) is 27.6. The highest BCUT2D eigenvalue weighted by molar-refractivity contribution is 5.87. The van der Waals surface area contributed by atoms with E-state index >= 15 is 0 Å². The summed E-state index contributed by atoms with van der Waals surface area (Å²) >= 11 is 0. The predicted octanol–water partition coefficient (Wildman–Crippen LogP) is 2.35. The number of amides is 1. The van der Waals surface area contributed by atoms with E-state index < -0.39 is 43.7 Å². The van der Waals surface area contributed by atoms with Gasteiger partial charge in [0.1, 0.15) is 12.1 Å². The minimum Gasteiger partial charge on any atom is -0.387 e. The minimum absolute atomic E-state index is 0.135. The summed E-state index contributed by atoms with van der Waals surface area (Å²) in [6, 6.07) is 5.33. The van der Waals surface area contributed by atoms with Gasteiger partial charge in [-0.25, -0.2) is 31.6 Å². The van der Waals surface area contributed by atoms with E-state index in [1.807, 2.05) is 6.07 Å². The number of carbonyl (C=O) groups excluding carboxylic acids is 1. The molecular formula is C23H27F4N9O2. The third-order valence-corrected chi connectivity index (χ3v) is 6.28. The molecule has 0 saturated carbocycles. The lowest BCUT2D eigenvalue weighted by molar-refractivity contribution is -0.151. The van der Waals surface area contributed by atoms with E-state index in [9.17, 15) is 22.4 Å². The molecular weight excluding hydrogens is 510 g/mol. The molecule has 4 aromatic heterocycles. The molecule has 0 bridgehead atoms. The molecule has 1 fully saturated rings. The lowest BCUT2D eigenvalue weighted by Crippen LogP contribution is -2.50. The van der Waals surface area contributed by atoms with Gasteiger partial charge >= 0.3 is 0 Å². The molecule has 38 heavy (non-hydrogen) atoms. The summed E-state index contributed by atoms with van der Waals surface area (Å²) in [6.07, 6.45) is 0.573. The Hall–Kier alpha value is -4.01. The van der Waals surface area contributed by atoms with Gasteiger partial charge in [-0.3, -0.25) is 4.79 Å². The van der Waals surface area contributed by atoms with Crippen LogP contribution >= 0.6 is 0 Å². The van der Waals surface area contributed by atoms with Crippen LogP contribution in [-0.4, -0.2) is 84.2 Å². The monoisotopic (exact) mass is 537 g/mol. The molecule has 0 radical (unpaired) electrons. The summed E-state index contributed by atoms with van der Waals surface area (Å²) in [7, 11) is 1.73. The van der Waals surface area contributed by atoms with Gasteiger partial charge in [0, 0.05) is 31.3 Å². The molecule has 1 aliphatic heterocycles. The zero-order valence-corrected chi connectivity index (χ0v) is 20.7. The molecule has 204 valence electrons. The second-order valence-corrected chi connectivity index (χ2v) is 8.85. The molecule has 11 nitrogen and oxygen atoms in total. The van der Waals surface area contributed by atoms with Gasteiger partial charge in [-0.1, -0.05) is 6.92 Å². The SMILES string of the molecule is CC1CCN(C(=O)CO)CC1(F)F.CNc1nc(N)nn2ccc(-c3ccc4ncc(CC(F)F)n4n3)c12. The Morgan fingerprint density at radius 3 is 2.71 bits per heavy atom. The number of alkyl halides is 4. The van der Waals surface area contributed by atoms with Crippen molar-refractivity contribution in [2.45, 2.75) is 32.1 Å². The number of aliphatic hydroxyl groups excluding tert-OH is 1. The molecule has 1 atom stereocenters. The minimum atomic E-state index is -2.82. The number of hydrogen-bond donors (Lipinski definition) is 3. The zero-order valence-electron chi connectivity index (χ0n) is 20.7. The molecule has 0 aliphatic carbocycles. The highest BCUT2D eigenvalue weighted by atomic mass is 19.3. The maximum Gasteiger partial charge on any atom is 0.267 e. The molecule has 5 rings (SSSR count). The van der Waals surface area contributed by atoms with Crippen molar-refractivity contribution in [3.63, 3.8) is 0 Å². The Kier molecular flexibility index (Phi) is 7.66. The van der Waals surface area contributed by atoms with Gasteiger partial charge in [-0.05, 0) is 24.6 Å². The quantitative estimate of drug-likeness (QED) is 0.330. The molecule has 4 N–H and O–H groups in total.